The molecule has 0 aliphatic heterocycles. The maximum atomic E-state index is 12.6. The Kier molecular flexibility index (Phi) is 5.78. The summed E-state index contributed by atoms with van der Waals surface area (Å²) in [5, 5.41) is 6.96. The van der Waals surface area contributed by atoms with E-state index < -0.39 is 15.9 Å². The van der Waals surface area contributed by atoms with Crippen molar-refractivity contribution in [2.45, 2.75) is 11.8 Å². The molecule has 0 spiro atoms. The Labute approximate surface area is 167 Å². The SMILES string of the molecule is Cc1nc(-c2ccccc2NC(=O)CN(C)S(=O)(=O)c2ccc(Cl)cc2)no1. The second kappa shape index (κ2) is 8.09. The molecule has 8 nitrogen and oxygen atoms in total. The first-order chi connectivity index (χ1) is 13.3. The van der Waals surface area contributed by atoms with Crippen molar-refractivity contribution in [1.29, 1.82) is 0 Å². The predicted octanol–water partition coefficient (Wildman–Crippen LogP) is 2.96. The van der Waals surface area contributed by atoms with E-state index in [-0.39, 0.29) is 11.4 Å². The van der Waals surface area contributed by atoms with E-state index in [9.17, 15) is 13.2 Å². The highest BCUT2D eigenvalue weighted by molar-refractivity contribution is 7.89. The van der Waals surface area contributed by atoms with Crippen LogP contribution in [0.3, 0.4) is 0 Å². The van der Waals surface area contributed by atoms with Crippen LogP contribution in [-0.4, -0.2) is 42.4 Å². The Bertz CT molecular complexity index is 1100. The van der Waals surface area contributed by atoms with Gasteiger partial charge in [-0.1, -0.05) is 28.9 Å². The number of likely N-dealkylation sites (N-methyl/N-ethyl adjacent to an activating group) is 1. The molecule has 1 amide bonds. The van der Waals surface area contributed by atoms with Crippen LogP contribution in [0.4, 0.5) is 5.69 Å². The molecular formula is C18H17ClN4O4S. The zero-order chi connectivity index (χ0) is 20.3. The molecule has 1 N–H and O–H groups in total. The molecule has 0 saturated carbocycles. The molecule has 0 atom stereocenters. The van der Waals surface area contributed by atoms with Crippen LogP contribution in [0, 0.1) is 6.92 Å². The number of benzene rings is 2. The van der Waals surface area contributed by atoms with Gasteiger partial charge in [-0.05, 0) is 36.4 Å². The molecular weight excluding hydrogens is 404 g/mol. The number of carbonyl (C=O) groups is 1. The molecule has 0 aliphatic rings. The van der Waals surface area contributed by atoms with Crippen LogP contribution < -0.4 is 5.32 Å². The first-order valence-corrected chi connectivity index (χ1v) is 10.0. The lowest BCUT2D eigenvalue weighted by Crippen LogP contribution is -2.35. The summed E-state index contributed by atoms with van der Waals surface area (Å²) in [5.74, 6) is 0.216. The van der Waals surface area contributed by atoms with E-state index in [1.54, 1.807) is 31.2 Å². The van der Waals surface area contributed by atoms with Crippen LogP contribution in [0.1, 0.15) is 5.89 Å². The standard InChI is InChI=1S/C18H17ClN4O4S/c1-12-20-18(22-27-12)15-5-3-4-6-16(15)21-17(24)11-23(2)28(25,26)14-9-7-13(19)8-10-14/h3-10H,11H2,1-2H3,(H,21,24). The summed E-state index contributed by atoms with van der Waals surface area (Å²) in [6.07, 6.45) is 0. The Morgan fingerprint density at radius 2 is 1.86 bits per heavy atom. The van der Waals surface area contributed by atoms with E-state index in [4.69, 9.17) is 16.1 Å². The molecule has 0 radical (unpaired) electrons. The molecule has 3 aromatic rings. The van der Waals surface area contributed by atoms with Crippen molar-refractivity contribution in [2.24, 2.45) is 0 Å². The maximum Gasteiger partial charge on any atom is 0.243 e. The van der Waals surface area contributed by atoms with Gasteiger partial charge >= 0.3 is 0 Å². The molecule has 0 aliphatic carbocycles. The lowest BCUT2D eigenvalue weighted by Gasteiger charge is -2.17. The topological polar surface area (TPSA) is 105 Å². The van der Waals surface area contributed by atoms with Crippen molar-refractivity contribution in [2.75, 3.05) is 18.9 Å². The van der Waals surface area contributed by atoms with Crippen LogP contribution in [0.15, 0.2) is 57.9 Å². The summed E-state index contributed by atoms with van der Waals surface area (Å²) in [6, 6.07) is 12.6. The summed E-state index contributed by atoms with van der Waals surface area (Å²) in [7, 11) is -2.50. The van der Waals surface area contributed by atoms with E-state index >= 15 is 0 Å². The van der Waals surface area contributed by atoms with Crippen molar-refractivity contribution >= 4 is 33.2 Å². The number of carbonyl (C=O) groups excluding carboxylic acids is 1. The molecule has 0 bridgehead atoms. The minimum absolute atomic E-state index is 0.0508. The molecule has 0 fully saturated rings. The number of amides is 1. The Balaban J connectivity index is 1.75. The second-order valence-electron chi connectivity index (χ2n) is 5.95. The minimum atomic E-state index is -3.83. The third-order valence-corrected chi connectivity index (χ3v) is 5.93. The summed E-state index contributed by atoms with van der Waals surface area (Å²) in [5.41, 5.74) is 1.02. The molecule has 0 unspecified atom stereocenters. The van der Waals surface area contributed by atoms with E-state index in [0.717, 1.165) is 4.31 Å². The fourth-order valence-corrected chi connectivity index (χ4v) is 3.71. The number of sulfonamides is 1. The normalized spacial score (nSPS) is 11.6. The zero-order valence-electron chi connectivity index (χ0n) is 15.1. The van der Waals surface area contributed by atoms with Crippen LogP contribution in [-0.2, 0) is 14.8 Å². The molecule has 1 heterocycles. The number of aromatic nitrogens is 2. The molecule has 1 aromatic heterocycles. The fraction of sp³-hybridized carbons (Fsp3) is 0.167. The molecule has 10 heteroatoms. The van der Waals surface area contributed by atoms with Crippen molar-refractivity contribution in [3.8, 4) is 11.4 Å². The van der Waals surface area contributed by atoms with Gasteiger partial charge in [0.05, 0.1) is 17.1 Å². The van der Waals surface area contributed by atoms with Gasteiger partial charge < -0.3 is 9.84 Å². The van der Waals surface area contributed by atoms with Gasteiger partial charge in [0.2, 0.25) is 27.6 Å². The van der Waals surface area contributed by atoms with Crippen LogP contribution in [0.5, 0.6) is 0 Å². The Hall–Kier alpha value is -2.75. The average Bonchev–Trinajstić information content (AvgIpc) is 3.08. The molecule has 146 valence electrons. The van der Waals surface area contributed by atoms with Crippen molar-refractivity contribution in [3.63, 3.8) is 0 Å². The number of rotatable bonds is 6. The molecule has 28 heavy (non-hydrogen) atoms. The number of nitrogens with zero attached hydrogens (tertiary/aromatic N) is 3. The highest BCUT2D eigenvalue weighted by Gasteiger charge is 2.23. The smallest absolute Gasteiger partial charge is 0.243 e. The number of anilines is 1. The minimum Gasteiger partial charge on any atom is -0.339 e. The highest BCUT2D eigenvalue weighted by atomic mass is 35.5. The van der Waals surface area contributed by atoms with Gasteiger partial charge in [-0.15, -0.1) is 0 Å². The average molecular weight is 421 g/mol. The van der Waals surface area contributed by atoms with Crippen molar-refractivity contribution in [1.82, 2.24) is 14.4 Å². The Morgan fingerprint density at radius 3 is 2.50 bits per heavy atom. The predicted molar refractivity (Wildman–Crippen MR) is 104 cm³/mol. The fourth-order valence-electron chi connectivity index (χ4n) is 2.46. The number of halogens is 1. The van der Waals surface area contributed by atoms with Gasteiger partial charge in [0.1, 0.15) is 0 Å². The highest BCUT2D eigenvalue weighted by Crippen LogP contribution is 2.25. The summed E-state index contributed by atoms with van der Waals surface area (Å²) >= 11 is 5.79. The Morgan fingerprint density at radius 1 is 1.18 bits per heavy atom. The van der Waals surface area contributed by atoms with E-state index in [2.05, 4.69) is 15.5 Å². The third-order valence-electron chi connectivity index (χ3n) is 3.86. The van der Waals surface area contributed by atoms with Gasteiger partial charge in [-0.25, -0.2) is 8.42 Å². The quantitative estimate of drug-likeness (QED) is 0.657. The number of hydrogen-bond donors (Lipinski definition) is 1. The van der Waals surface area contributed by atoms with E-state index in [0.29, 0.717) is 28.0 Å². The lowest BCUT2D eigenvalue weighted by atomic mass is 10.1. The first-order valence-electron chi connectivity index (χ1n) is 8.19. The van der Waals surface area contributed by atoms with Gasteiger partial charge in [0.15, 0.2) is 0 Å². The number of nitrogens with one attached hydrogen (secondary N) is 1. The second-order valence-corrected chi connectivity index (χ2v) is 8.43. The number of hydrogen-bond acceptors (Lipinski definition) is 6. The largest absolute Gasteiger partial charge is 0.339 e. The van der Waals surface area contributed by atoms with E-state index in [1.807, 2.05) is 0 Å². The summed E-state index contributed by atoms with van der Waals surface area (Å²) < 4.78 is 31.1. The first kappa shape index (κ1) is 20.0. The van der Waals surface area contributed by atoms with Crippen molar-refractivity contribution in [3.05, 3.63) is 59.4 Å². The van der Waals surface area contributed by atoms with Crippen LogP contribution >= 0.6 is 11.6 Å². The number of para-hydroxylation sites is 1. The van der Waals surface area contributed by atoms with Gasteiger partial charge in [0.25, 0.3) is 0 Å². The third kappa shape index (κ3) is 4.38. The summed E-state index contributed by atoms with van der Waals surface area (Å²) in [4.78, 5) is 16.6. The van der Waals surface area contributed by atoms with Gasteiger partial charge in [-0.2, -0.15) is 9.29 Å². The van der Waals surface area contributed by atoms with Crippen molar-refractivity contribution < 1.29 is 17.7 Å². The van der Waals surface area contributed by atoms with E-state index in [1.165, 1.54) is 31.3 Å². The van der Waals surface area contributed by atoms with Gasteiger partial charge in [-0.3, -0.25) is 4.79 Å². The number of aryl methyl sites for hydroxylation is 1. The summed E-state index contributed by atoms with van der Waals surface area (Å²) in [6.45, 7) is 1.29. The lowest BCUT2D eigenvalue weighted by molar-refractivity contribution is -0.116. The van der Waals surface area contributed by atoms with Crippen LogP contribution in [0.25, 0.3) is 11.4 Å². The van der Waals surface area contributed by atoms with Crippen LogP contribution in [0.2, 0.25) is 5.02 Å². The monoisotopic (exact) mass is 420 g/mol. The zero-order valence-corrected chi connectivity index (χ0v) is 16.7. The molecule has 2 aromatic carbocycles. The molecule has 0 saturated heterocycles. The molecule has 3 rings (SSSR count). The van der Waals surface area contributed by atoms with Gasteiger partial charge in [0, 0.05) is 24.6 Å². The maximum absolute atomic E-state index is 12.6.